The lowest BCUT2D eigenvalue weighted by Crippen LogP contribution is -2.47. The summed E-state index contributed by atoms with van der Waals surface area (Å²) in [5.41, 5.74) is 1.49. The number of para-hydroxylation sites is 1. The maximum absolute atomic E-state index is 14.2. The normalized spacial score (nSPS) is 23.0. The highest BCUT2D eigenvalue weighted by Gasteiger charge is 2.31. The SMILES string of the molecule is C[C@H]1CCCCO[C@H](CN(C)CC2CC2)[C@@H](C)CN([C@@H](C)CO)C(=O)c2cc(NC(=O)Nc3ccccc3)ccc2O1. The summed E-state index contributed by atoms with van der Waals surface area (Å²) in [4.78, 5) is 31.0. The Labute approximate surface area is 250 Å². The van der Waals surface area contributed by atoms with Gasteiger partial charge >= 0.3 is 6.03 Å². The summed E-state index contributed by atoms with van der Waals surface area (Å²) in [7, 11) is 2.15. The van der Waals surface area contributed by atoms with E-state index in [0.717, 1.165) is 38.3 Å². The zero-order valence-electron chi connectivity index (χ0n) is 25.6. The number of benzene rings is 2. The smallest absolute Gasteiger partial charge is 0.323 e. The molecule has 230 valence electrons. The van der Waals surface area contributed by atoms with E-state index in [4.69, 9.17) is 9.47 Å². The number of anilines is 2. The van der Waals surface area contributed by atoms with Crippen molar-refractivity contribution < 1.29 is 24.2 Å². The van der Waals surface area contributed by atoms with Gasteiger partial charge in [0.05, 0.1) is 30.4 Å². The first kappa shape index (κ1) is 31.8. The number of fused-ring (bicyclic) bond motifs is 1. The highest BCUT2D eigenvalue weighted by Crippen LogP contribution is 2.31. The van der Waals surface area contributed by atoms with E-state index in [-0.39, 0.29) is 30.6 Å². The molecule has 1 aliphatic carbocycles. The molecule has 9 heteroatoms. The van der Waals surface area contributed by atoms with E-state index >= 15 is 0 Å². The molecule has 0 aromatic heterocycles. The molecule has 42 heavy (non-hydrogen) atoms. The number of nitrogens with zero attached hydrogens (tertiary/aromatic N) is 2. The average Bonchev–Trinajstić information content (AvgIpc) is 3.79. The topological polar surface area (TPSA) is 103 Å². The molecule has 9 nitrogen and oxygen atoms in total. The van der Waals surface area contributed by atoms with Crippen LogP contribution in [0, 0.1) is 11.8 Å². The van der Waals surface area contributed by atoms with E-state index in [1.165, 1.54) is 12.8 Å². The van der Waals surface area contributed by atoms with Crippen LogP contribution in [0.5, 0.6) is 5.75 Å². The van der Waals surface area contributed by atoms with Gasteiger partial charge in [-0.15, -0.1) is 0 Å². The van der Waals surface area contributed by atoms with Crippen LogP contribution in [0.1, 0.15) is 63.2 Å². The van der Waals surface area contributed by atoms with Crippen molar-refractivity contribution in [1.82, 2.24) is 9.80 Å². The van der Waals surface area contributed by atoms with Crippen LogP contribution in [0.2, 0.25) is 0 Å². The number of carbonyl (C=O) groups is 2. The lowest BCUT2D eigenvalue weighted by atomic mass is 10.0. The number of aliphatic hydroxyl groups excluding tert-OH is 1. The van der Waals surface area contributed by atoms with Gasteiger partial charge in [0, 0.05) is 43.5 Å². The van der Waals surface area contributed by atoms with Crippen molar-refractivity contribution in [3.8, 4) is 5.75 Å². The quantitative estimate of drug-likeness (QED) is 0.383. The third-order valence-corrected chi connectivity index (χ3v) is 8.10. The Morgan fingerprint density at radius 2 is 1.79 bits per heavy atom. The summed E-state index contributed by atoms with van der Waals surface area (Å²) in [6, 6.07) is 13.5. The number of hydrogen-bond acceptors (Lipinski definition) is 6. The van der Waals surface area contributed by atoms with Gasteiger partial charge in [0.15, 0.2) is 0 Å². The van der Waals surface area contributed by atoms with Crippen LogP contribution in [-0.4, -0.2) is 85.0 Å². The van der Waals surface area contributed by atoms with Gasteiger partial charge in [0.1, 0.15) is 5.75 Å². The molecule has 0 unspecified atom stereocenters. The Balaban J connectivity index is 1.59. The van der Waals surface area contributed by atoms with E-state index in [1.54, 1.807) is 35.2 Å². The van der Waals surface area contributed by atoms with Gasteiger partial charge in [-0.3, -0.25) is 4.79 Å². The third kappa shape index (κ3) is 9.44. The number of hydrogen-bond donors (Lipinski definition) is 3. The number of likely N-dealkylation sites (N-methyl/N-ethyl adjacent to an activating group) is 1. The van der Waals surface area contributed by atoms with Crippen LogP contribution in [0.25, 0.3) is 0 Å². The van der Waals surface area contributed by atoms with Gasteiger partial charge in [0.25, 0.3) is 5.91 Å². The molecule has 2 aromatic rings. The molecule has 1 aliphatic heterocycles. The molecule has 0 saturated heterocycles. The van der Waals surface area contributed by atoms with Crippen molar-refractivity contribution in [3.05, 3.63) is 54.1 Å². The summed E-state index contributed by atoms with van der Waals surface area (Å²) in [5.74, 6) is 1.04. The Hall–Kier alpha value is -3.14. The molecule has 2 aromatic carbocycles. The molecule has 2 aliphatic rings. The number of amides is 3. The molecular formula is C33H48N4O5. The molecule has 4 atom stereocenters. The number of aliphatic hydroxyl groups is 1. The van der Waals surface area contributed by atoms with E-state index in [2.05, 4.69) is 29.5 Å². The molecule has 0 radical (unpaired) electrons. The van der Waals surface area contributed by atoms with Crippen LogP contribution in [0.3, 0.4) is 0 Å². The number of carbonyl (C=O) groups excluding carboxylic acids is 2. The summed E-state index contributed by atoms with van der Waals surface area (Å²) >= 11 is 0. The van der Waals surface area contributed by atoms with Gasteiger partial charge in [-0.1, -0.05) is 25.1 Å². The van der Waals surface area contributed by atoms with Crippen LogP contribution in [0.4, 0.5) is 16.2 Å². The zero-order valence-corrected chi connectivity index (χ0v) is 25.6. The minimum Gasteiger partial charge on any atom is -0.490 e. The second-order valence-corrected chi connectivity index (χ2v) is 12.1. The van der Waals surface area contributed by atoms with Crippen molar-refractivity contribution >= 4 is 23.3 Å². The van der Waals surface area contributed by atoms with Gasteiger partial charge in [-0.05, 0) is 89.2 Å². The lowest BCUT2D eigenvalue weighted by Gasteiger charge is -2.36. The Kier molecular flexibility index (Phi) is 11.6. The predicted octanol–water partition coefficient (Wildman–Crippen LogP) is 5.47. The summed E-state index contributed by atoms with van der Waals surface area (Å²) < 4.78 is 12.7. The van der Waals surface area contributed by atoms with Crippen molar-refractivity contribution in [2.75, 3.05) is 50.5 Å². The number of ether oxygens (including phenoxy) is 2. The molecule has 0 bridgehead atoms. The predicted molar refractivity (Wildman–Crippen MR) is 166 cm³/mol. The van der Waals surface area contributed by atoms with E-state index < -0.39 is 12.1 Å². The molecule has 1 fully saturated rings. The largest absolute Gasteiger partial charge is 0.490 e. The summed E-state index contributed by atoms with van der Waals surface area (Å²) in [6.07, 6.45) is 5.16. The van der Waals surface area contributed by atoms with E-state index in [9.17, 15) is 14.7 Å². The minimum absolute atomic E-state index is 0.0359. The van der Waals surface area contributed by atoms with E-state index in [0.29, 0.717) is 35.8 Å². The average molecular weight is 581 g/mol. The fourth-order valence-corrected chi connectivity index (χ4v) is 5.40. The first-order valence-electron chi connectivity index (χ1n) is 15.4. The van der Waals surface area contributed by atoms with Crippen molar-refractivity contribution in [3.63, 3.8) is 0 Å². The Morgan fingerprint density at radius 1 is 1.05 bits per heavy atom. The first-order chi connectivity index (χ1) is 20.2. The Bertz CT molecular complexity index is 1160. The maximum Gasteiger partial charge on any atom is 0.323 e. The zero-order chi connectivity index (χ0) is 30.1. The molecule has 1 heterocycles. The minimum atomic E-state index is -0.416. The molecular weight excluding hydrogens is 532 g/mol. The monoisotopic (exact) mass is 580 g/mol. The van der Waals surface area contributed by atoms with Crippen LogP contribution < -0.4 is 15.4 Å². The van der Waals surface area contributed by atoms with Gasteiger partial charge in [-0.2, -0.15) is 0 Å². The number of rotatable bonds is 8. The first-order valence-corrected chi connectivity index (χ1v) is 15.4. The standard InChI is InChI=1S/C33H48N4O5/c1-23-19-37(24(2)22-38)32(39)29-18-28(35-33(40)34-27-11-6-5-7-12-27)15-16-30(29)42-25(3)10-8-9-17-41-31(23)21-36(4)20-26-13-14-26/h5-7,11-12,15-16,18,23-26,31,38H,8-10,13-14,17,19-22H2,1-4H3,(H2,34,35,40)/t23-,24-,25-,31+/m0/s1. The fourth-order valence-electron chi connectivity index (χ4n) is 5.40. The second kappa shape index (κ2) is 15.4. The molecule has 0 spiro atoms. The summed E-state index contributed by atoms with van der Waals surface area (Å²) in [6.45, 7) is 8.76. The van der Waals surface area contributed by atoms with Crippen molar-refractivity contribution in [2.24, 2.45) is 11.8 Å². The summed E-state index contributed by atoms with van der Waals surface area (Å²) in [5, 5.41) is 15.8. The molecule has 4 rings (SSSR count). The molecule has 3 amide bonds. The van der Waals surface area contributed by atoms with Crippen LogP contribution in [-0.2, 0) is 4.74 Å². The fraction of sp³-hybridized carbons (Fsp3) is 0.576. The van der Waals surface area contributed by atoms with Crippen molar-refractivity contribution in [2.45, 2.75) is 71.1 Å². The molecule has 3 N–H and O–H groups in total. The number of urea groups is 1. The van der Waals surface area contributed by atoms with Crippen molar-refractivity contribution in [1.29, 1.82) is 0 Å². The Morgan fingerprint density at radius 3 is 2.50 bits per heavy atom. The second-order valence-electron chi connectivity index (χ2n) is 12.1. The van der Waals surface area contributed by atoms with Crippen LogP contribution in [0.15, 0.2) is 48.5 Å². The highest BCUT2D eigenvalue weighted by molar-refractivity contribution is 6.02. The van der Waals surface area contributed by atoms with Gasteiger partial charge in [-0.25, -0.2) is 4.79 Å². The highest BCUT2D eigenvalue weighted by atomic mass is 16.5. The third-order valence-electron chi connectivity index (χ3n) is 8.10. The van der Waals surface area contributed by atoms with Gasteiger partial charge in [0.2, 0.25) is 0 Å². The maximum atomic E-state index is 14.2. The van der Waals surface area contributed by atoms with Crippen LogP contribution >= 0.6 is 0 Å². The lowest BCUT2D eigenvalue weighted by molar-refractivity contribution is -0.0172. The van der Waals surface area contributed by atoms with Gasteiger partial charge < -0.3 is 35.0 Å². The number of nitrogens with one attached hydrogen (secondary N) is 2. The molecule has 1 saturated carbocycles. The van der Waals surface area contributed by atoms with E-state index in [1.807, 2.05) is 32.0 Å².